The van der Waals surface area contributed by atoms with Crippen LogP contribution in [-0.2, 0) is 19.4 Å². The number of aryl methyl sites for hydroxylation is 4. The number of hydrogen-bond donors (Lipinski definition) is 1. The lowest BCUT2D eigenvalue weighted by Gasteiger charge is -2.25. The van der Waals surface area contributed by atoms with Crippen molar-refractivity contribution in [3.05, 3.63) is 86.3 Å². The Morgan fingerprint density at radius 3 is 2.54 bits per heavy atom. The monoisotopic (exact) mass is 523 g/mol. The molecule has 7 nitrogen and oxygen atoms in total. The summed E-state index contributed by atoms with van der Waals surface area (Å²) in [5, 5.41) is 1.06. The fraction of sp³-hybridized carbons (Fsp3) is 0.344. The normalized spacial score (nSPS) is 14.4. The zero-order valence-corrected chi connectivity index (χ0v) is 22.9. The van der Waals surface area contributed by atoms with E-state index in [1.54, 1.807) is 20.3 Å². The van der Waals surface area contributed by atoms with E-state index in [9.17, 15) is 9.59 Å². The van der Waals surface area contributed by atoms with Gasteiger partial charge < -0.3 is 19.4 Å². The zero-order valence-electron chi connectivity index (χ0n) is 22.9. The third-order valence-corrected chi connectivity index (χ3v) is 8.08. The third-order valence-electron chi connectivity index (χ3n) is 8.08. The van der Waals surface area contributed by atoms with Crippen LogP contribution in [0, 0.1) is 13.8 Å². The first-order valence-corrected chi connectivity index (χ1v) is 13.6. The van der Waals surface area contributed by atoms with E-state index < -0.39 is 0 Å². The van der Waals surface area contributed by atoms with Crippen molar-refractivity contribution in [2.75, 3.05) is 14.2 Å². The highest BCUT2D eigenvalue weighted by Crippen LogP contribution is 2.41. The molecule has 2 heterocycles. The number of rotatable bonds is 7. The number of hydrogen-bond acceptors (Lipinski definition) is 5. The third kappa shape index (κ3) is 4.56. The van der Waals surface area contributed by atoms with E-state index in [4.69, 9.17) is 14.5 Å². The number of aromatic nitrogens is 2. The van der Waals surface area contributed by atoms with Crippen molar-refractivity contribution < 1.29 is 14.3 Å². The second-order valence-electron chi connectivity index (χ2n) is 10.7. The van der Waals surface area contributed by atoms with Gasteiger partial charge in [0.25, 0.3) is 11.5 Å². The van der Waals surface area contributed by atoms with Crippen LogP contribution in [-0.4, -0.2) is 41.0 Å². The summed E-state index contributed by atoms with van der Waals surface area (Å²) < 4.78 is 11.4. The Balaban J connectivity index is 1.51. The number of pyridine rings is 2. The molecule has 1 N–H and O–H groups in total. The summed E-state index contributed by atoms with van der Waals surface area (Å²) in [7, 11) is 3.25. The Kier molecular flexibility index (Phi) is 6.37. The highest BCUT2D eigenvalue weighted by Gasteiger charge is 2.35. The fourth-order valence-corrected chi connectivity index (χ4v) is 5.69. The summed E-state index contributed by atoms with van der Waals surface area (Å²) in [5.41, 5.74) is 7.61. The molecule has 2 aromatic heterocycles. The highest BCUT2D eigenvalue weighted by molar-refractivity contribution is 5.95. The quantitative estimate of drug-likeness (QED) is 0.345. The maximum Gasteiger partial charge on any atom is 0.261 e. The van der Waals surface area contributed by atoms with E-state index in [2.05, 4.69) is 23.2 Å². The molecule has 4 aromatic rings. The first kappa shape index (κ1) is 25.2. The van der Waals surface area contributed by atoms with Crippen LogP contribution in [0.4, 0.5) is 0 Å². The van der Waals surface area contributed by atoms with E-state index in [-0.39, 0.29) is 23.1 Å². The molecule has 2 aromatic carbocycles. The van der Waals surface area contributed by atoms with Crippen molar-refractivity contribution in [2.24, 2.45) is 0 Å². The SMILES string of the molecule is COc1cccc(-c2nc3cc4c(cc3cc2CN(C(=O)c2cc(C)c(C)[nH]c2=O)C2CC2)CCC4)c1OC. The van der Waals surface area contributed by atoms with Gasteiger partial charge in [0.15, 0.2) is 11.5 Å². The molecule has 2 aliphatic carbocycles. The summed E-state index contributed by atoms with van der Waals surface area (Å²) in [5.74, 6) is 0.970. The molecule has 0 radical (unpaired) electrons. The number of aromatic amines is 1. The number of fused-ring (bicyclic) bond motifs is 2. The second kappa shape index (κ2) is 9.88. The summed E-state index contributed by atoms with van der Waals surface area (Å²) in [6, 6.07) is 14.2. The van der Waals surface area contributed by atoms with Gasteiger partial charge in [-0.05, 0) is 105 Å². The molecule has 0 spiro atoms. The lowest BCUT2D eigenvalue weighted by molar-refractivity contribution is 0.0728. The predicted octanol–water partition coefficient (Wildman–Crippen LogP) is 5.52. The zero-order chi connectivity index (χ0) is 27.3. The average Bonchev–Trinajstić information content (AvgIpc) is 3.68. The van der Waals surface area contributed by atoms with Crippen LogP contribution in [0.3, 0.4) is 0 Å². The average molecular weight is 524 g/mol. The standard InChI is InChI=1S/C32H33N3O4/c1-18-13-26(31(36)33-19(18)2)32(37)35(24-11-12-24)17-23-15-22-14-20-7-5-8-21(20)16-27(22)34-29(23)25-9-6-10-28(38-3)30(25)39-4/h6,9-10,13-16,24H,5,7-8,11-12,17H2,1-4H3,(H,33,36). The van der Waals surface area contributed by atoms with Crippen molar-refractivity contribution in [3.8, 4) is 22.8 Å². The van der Waals surface area contributed by atoms with Crippen molar-refractivity contribution in [1.82, 2.24) is 14.9 Å². The van der Waals surface area contributed by atoms with Crippen molar-refractivity contribution in [3.63, 3.8) is 0 Å². The van der Waals surface area contributed by atoms with Crippen LogP contribution in [0.15, 0.2) is 47.3 Å². The van der Waals surface area contributed by atoms with Crippen molar-refractivity contribution in [1.29, 1.82) is 0 Å². The number of amides is 1. The van der Waals surface area contributed by atoms with Crippen molar-refractivity contribution in [2.45, 2.75) is 58.5 Å². The fourth-order valence-electron chi connectivity index (χ4n) is 5.69. The highest BCUT2D eigenvalue weighted by atomic mass is 16.5. The number of ether oxygens (including phenoxy) is 2. The van der Waals surface area contributed by atoms with E-state index in [1.165, 1.54) is 11.1 Å². The molecule has 0 saturated heterocycles. The maximum atomic E-state index is 13.8. The number of nitrogens with zero attached hydrogens (tertiary/aromatic N) is 2. The predicted molar refractivity (Wildman–Crippen MR) is 152 cm³/mol. The van der Waals surface area contributed by atoms with Crippen LogP contribution in [0.2, 0.25) is 0 Å². The van der Waals surface area contributed by atoms with Gasteiger partial charge in [-0.25, -0.2) is 4.98 Å². The second-order valence-corrected chi connectivity index (χ2v) is 10.7. The Morgan fingerprint density at radius 2 is 1.82 bits per heavy atom. The maximum absolute atomic E-state index is 13.8. The molecule has 39 heavy (non-hydrogen) atoms. The minimum absolute atomic E-state index is 0.0919. The van der Waals surface area contributed by atoms with Gasteiger partial charge in [0, 0.05) is 29.2 Å². The lowest BCUT2D eigenvalue weighted by Crippen LogP contribution is -2.36. The van der Waals surface area contributed by atoms with Crippen LogP contribution in [0.5, 0.6) is 11.5 Å². The largest absolute Gasteiger partial charge is 0.493 e. The molecule has 2 aliphatic rings. The molecule has 0 unspecified atom stereocenters. The molecule has 1 amide bonds. The summed E-state index contributed by atoms with van der Waals surface area (Å²) in [6.45, 7) is 4.09. The molecule has 0 atom stereocenters. The molecule has 200 valence electrons. The molecule has 6 rings (SSSR count). The summed E-state index contributed by atoms with van der Waals surface area (Å²) >= 11 is 0. The van der Waals surface area contributed by atoms with Gasteiger partial charge in [0.1, 0.15) is 5.56 Å². The van der Waals surface area contributed by atoms with Gasteiger partial charge in [-0.1, -0.05) is 6.07 Å². The molecular formula is C32H33N3O4. The first-order valence-electron chi connectivity index (χ1n) is 13.6. The van der Waals surface area contributed by atoms with E-state index >= 15 is 0 Å². The Labute approximate surface area is 227 Å². The van der Waals surface area contributed by atoms with Crippen LogP contribution < -0.4 is 15.0 Å². The number of methoxy groups -OCH3 is 2. The van der Waals surface area contributed by atoms with E-state index in [1.807, 2.05) is 36.9 Å². The number of carbonyl (C=O) groups excluding carboxylic acids is 1. The van der Waals surface area contributed by atoms with Gasteiger partial charge in [0.05, 0.1) is 25.4 Å². The number of H-pyrrole nitrogens is 1. The minimum Gasteiger partial charge on any atom is -0.493 e. The molecule has 0 bridgehead atoms. The smallest absolute Gasteiger partial charge is 0.261 e. The molecule has 7 heteroatoms. The summed E-state index contributed by atoms with van der Waals surface area (Å²) in [6.07, 6.45) is 5.14. The summed E-state index contributed by atoms with van der Waals surface area (Å²) in [4.78, 5) is 36.5. The van der Waals surface area contributed by atoms with Crippen LogP contribution in [0.25, 0.3) is 22.2 Å². The van der Waals surface area contributed by atoms with Crippen LogP contribution >= 0.6 is 0 Å². The van der Waals surface area contributed by atoms with Crippen molar-refractivity contribution >= 4 is 16.8 Å². The number of nitrogens with one attached hydrogen (secondary N) is 1. The minimum atomic E-state index is -0.351. The number of carbonyl (C=O) groups is 1. The first-order chi connectivity index (χ1) is 18.9. The topological polar surface area (TPSA) is 84.5 Å². The Hall–Kier alpha value is -4.13. The van der Waals surface area contributed by atoms with Gasteiger partial charge in [0.2, 0.25) is 0 Å². The van der Waals surface area contributed by atoms with Gasteiger partial charge in [-0.15, -0.1) is 0 Å². The van der Waals surface area contributed by atoms with Gasteiger partial charge >= 0.3 is 0 Å². The molecule has 1 saturated carbocycles. The van der Waals surface area contributed by atoms with Gasteiger partial charge in [-0.3, -0.25) is 9.59 Å². The number of benzene rings is 2. The van der Waals surface area contributed by atoms with E-state index in [0.717, 1.165) is 71.1 Å². The molecule has 1 fully saturated rings. The van der Waals surface area contributed by atoms with E-state index in [0.29, 0.717) is 18.0 Å². The lowest BCUT2D eigenvalue weighted by atomic mass is 9.99. The number of para-hydroxylation sites is 1. The Bertz CT molecular complexity index is 1670. The molecule has 0 aliphatic heterocycles. The molecular weight excluding hydrogens is 490 g/mol. The van der Waals surface area contributed by atoms with Crippen LogP contribution in [0.1, 0.15) is 57.6 Å². The van der Waals surface area contributed by atoms with Gasteiger partial charge in [-0.2, -0.15) is 0 Å². The Morgan fingerprint density at radius 1 is 1.05 bits per heavy atom.